The molecule has 0 spiro atoms. The van der Waals surface area contributed by atoms with Gasteiger partial charge in [-0.15, -0.1) is 11.3 Å². The highest BCUT2D eigenvalue weighted by molar-refractivity contribution is 7.27. The fourth-order valence-electron chi connectivity index (χ4n) is 10.1. The summed E-state index contributed by atoms with van der Waals surface area (Å²) in [5, 5.41) is 8.35. The van der Waals surface area contributed by atoms with Crippen molar-refractivity contribution in [2.24, 2.45) is 0 Å². The SMILES string of the molecule is c1ccc(-c2ccc(N(c3ccc(-c4ccc5c6ccccc6c6c(-c7ccccc7)c(-c7ccccc7)oc6c5c4)cc3)c3cccc4c3sc3c(-c5ccccc5)cccc34)cc2)cc1. The van der Waals surface area contributed by atoms with E-state index in [2.05, 4.69) is 254 Å². The lowest BCUT2D eigenvalue weighted by molar-refractivity contribution is 0.636. The van der Waals surface area contributed by atoms with Crippen molar-refractivity contribution in [2.75, 3.05) is 4.90 Å². The van der Waals surface area contributed by atoms with Gasteiger partial charge in [-0.3, -0.25) is 0 Å². The minimum Gasteiger partial charge on any atom is -0.455 e. The summed E-state index contributed by atoms with van der Waals surface area (Å²) in [6, 6.07) is 89.7. The zero-order chi connectivity index (χ0) is 44.3. The second kappa shape index (κ2) is 16.2. The molecule has 0 bridgehead atoms. The minimum atomic E-state index is 0.885. The van der Waals surface area contributed by atoms with E-state index in [1.807, 2.05) is 11.3 Å². The molecule has 13 aromatic rings. The Balaban J connectivity index is 0.973. The molecule has 0 saturated carbocycles. The molecule has 0 fully saturated rings. The van der Waals surface area contributed by atoms with Gasteiger partial charge in [0.2, 0.25) is 0 Å². The third-order valence-electron chi connectivity index (χ3n) is 13.3. The molecule has 314 valence electrons. The summed E-state index contributed by atoms with van der Waals surface area (Å²) >= 11 is 1.88. The van der Waals surface area contributed by atoms with E-state index < -0.39 is 0 Å². The predicted octanol–water partition coefficient (Wildman–Crippen LogP) is 18.9. The number of benzene rings is 11. The van der Waals surface area contributed by atoms with Crippen LogP contribution in [-0.2, 0) is 0 Å². The van der Waals surface area contributed by atoms with Gasteiger partial charge in [0, 0.05) is 48.7 Å². The van der Waals surface area contributed by atoms with E-state index in [9.17, 15) is 0 Å². The molecule has 0 radical (unpaired) electrons. The average Bonchev–Trinajstić information content (AvgIpc) is 4.01. The van der Waals surface area contributed by atoms with Crippen molar-refractivity contribution in [3.8, 4) is 55.8 Å². The largest absolute Gasteiger partial charge is 0.455 e. The smallest absolute Gasteiger partial charge is 0.143 e. The second-order valence-electron chi connectivity index (χ2n) is 17.1. The maximum Gasteiger partial charge on any atom is 0.143 e. The average molecular weight is 872 g/mol. The first-order valence-corrected chi connectivity index (χ1v) is 23.6. The van der Waals surface area contributed by atoms with Crippen molar-refractivity contribution in [3.63, 3.8) is 0 Å². The molecule has 67 heavy (non-hydrogen) atoms. The fourth-order valence-corrected chi connectivity index (χ4v) is 11.5. The van der Waals surface area contributed by atoms with E-state index in [-0.39, 0.29) is 0 Å². The molecule has 2 aromatic heterocycles. The summed E-state index contributed by atoms with van der Waals surface area (Å²) < 4.78 is 9.67. The van der Waals surface area contributed by atoms with Gasteiger partial charge in [0.05, 0.1) is 10.4 Å². The Kier molecular flexibility index (Phi) is 9.40. The lowest BCUT2D eigenvalue weighted by Crippen LogP contribution is -2.10. The normalized spacial score (nSPS) is 11.6. The van der Waals surface area contributed by atoms with Crippen LogP contribution in [0.15, 0.2) is 253 Å². The van der Waals surface area contributed by atoms with E-state index in [4.69, 9.17) is 4.42 Å². The van der Waals surface area contributed by atoms with Crippen LogP contribution in [-0.4, -0.2) is 0 Å². The molecule has 13 rings (SSSR count). The lowest BCUT2D eigenvalue weighted by Gasteiger charge is -2.26. The first-order valence-electron chi connectivity index (χ1n) is 22.8. The number of thiophene rings is 1. The summed E-state index contributed by atoms with van der Waals surface area (Å²) in [6.07, 6.45) is 0. The van der Waals surface area contributed by atoms with Crippen LogP contribution in [0.4, 0.5) is 17.1 Å². The molecule has 3 heteroatoms. The topological polar surface area (TPSA) is 16.4 Å². The van der Waals surface area contributed by atoms with Gasteiger partial charge in [-0.05, 0) is 91.5 Å². The quantitative estimate of drug-likeness (QED) is 0.141. The van der Waals surface area contributed by atoms with Crippen LogP contribution in [0.25, 0.3) is 109 Å². The van der Waals surface area contributed by atoms with Gasteiger partial charge < -0.3 is 9.32 Å². The van der Waals surface area contributed by atoms with Crippen LogP contribution < -0.4 is 4.90 Å². The summed E-state index contributed by atoms with van der Waals surface area (Å²) in [6.45, 7) is 0. The molecule has 0 aliphatic carbocycles. The van der Waals surface area contributed by atoms with Crippen LogP contribution in [0.2, 0.25) is 0 Å². The van der Waals surface area contributed by atoms with Gasteiger partial charge >= 0.3 is 0 Å². The first kappa shape index (κ1) is 38.9. The monoisotopic (exact) mass is 871 g/mol. The Morgan fingerprint density at radius 2 is 0.791 bits per heavy atom. The highest BCUT2D eigenvalue weighted by Crippen LogP contribution is 2.50. The molecule has 2 nitrogen and oxygen atoms in total. The number of hydrogen-bond acceptors (Lipinski definition) is 3. The number of fused-ring (bicyclic) bond motifs is 9. The van der Waals surface area contributed by atoms with Crippen LogP contribution in [0.5, 0.6) is 0 Å². The van der Waals surface area contributed by atoms with Gasteiger partial charge in [0.1, 0.15) is 11.3 Å². The van der Waals surface area contributed by atoms with Crippen LogP contribution in [0.1, 0.15) is 0 Å². The first-order chi connectivity index (χ1) is 33.2. The molecule has 2 heterocycles. The van der Waals surface area contributed by atoms with E-state index in [1.165, 1.54) is 58.6 Å². The molecular weight excluding hydrogens is 831 g/mol. The zero-order valence-electron chi connectivity index (χ0n) is 36.4. The van der Waals surface area contributed by atoms with Crippen LogP contribution in [0, 0.1) is 0 Å². The Morgan fingerprint density at radius 1 is 0.313 bits per heavy atom. The maximum absolute atomic E-state index is 7.12. The summed E-state index contributed by atoms with van der Waals surface area (Å²) in [4.78, 5) is 2.42. The van der Waals surface area contributed by atoms with Crippen molar-refractivity contribution < 1.29 is 4.42 Å². The van der Waals surface area contributed by atoms with E-state index in [0.717, 1.165) is 67.0 Å². The molecule has 0 aliphatic rings. The molecule has 0 saturated heterocycles. The predicted molar refractivity (Wildman–Crippen MR) is 286 cm³/mol. The number of hydrogen-bond donors (Lipinski definition) is 0. The van der Waals surface area contributed by atoms with Crippen molar-refractivity contribution >= 4 is 81.1 Å². The molecule has 0 amide bonds. The number of furan rings is 1. The fraction of sp³-hybridized carbons (Fsp3) is 0. The highest BCUT2D eigenvalue weighted by Gasteiger charge is 2.24. The molecule has 0 aliphatic heterocycles. The van der Waals surface area contributed by atoms with E-state index in [1.54, 1.807) is 0 Å². The standard InChI is InChI=1S/C64H41NOS/c1-5-17-42(18-6-1)43-31-36-49(37-32-43)65(58-30-16-29-56-55-28-15-27-51(63(55)67-64(56)58)45-19-7-2-8-20-45)50-38-33-44(34-39-50)48-35-40-53-52-25-13-14-26-54(52)60-59(46-21-9-3-10-22-46)61(47-23-11-4-12-24-47)66-62(60)57(53)41-48/h1-41H. The minimum absolute atomic E-state index is 0.885. The zero-order valence-corrected chi connectivity index (χ0v) is 37.3. The second-order valence-corrected chi connectivity index (χ2v) is 18.2. The third kappa shape index (κ3) is 6.63. The van der Waals surface area contributed by atoms with Crippen LogP contribution >= 0.6 is 11.3 Å². The highest BCUT2D eigenvalue weighted by atomic mass is 32.1. The number of rotatable bonds is 8. The third-order valence-corrected chi connectivity index (χ3v) is 14.6. The Labute approximate surface area is 392 Å². The van der Waals surface area contributed by atoms with Gasteiger partial charge in [0.15, 0.2) is 0 Å². The Bertz CT molecular complexity index is 3930. The molecule has 0 atom stereocenters. The van der Waals surface area contributed by atoms with E-state index in [0.29, 0.717) is 0 Å². The van der Waals surface area contributed by atoms with Crippen molar-refractivity contribution in [1.82, 2.24) is 0 Å². The van der Waals surface area contributed by atoms with Gasteiger partial charge in [-0.2, -0.15) is 0 Å². The van der Waals surface area contributed by atoms with Gasteiger partial charge in [-0.25, -0.2) is 0 Å². The number of anilines is 3. The van der Waals surface area contributed by atoms with E-state index >= 15 is 0 Å². The molecule has 0 N–H and O–H groups in total. The molecule has 0 unspecified atom stereocenters. The lowest BCUT2D eigenvalue weighted by atomic mass is 9.91. The molecular formula is C64H41NOS. The maximum atomic E-state index is 7.12. The van der Waals surface area contributed by atoms with Crippen molar-refractivity contribution in [3.05, 3.63) is 249 Å². The van der Waals surface area contributed by atoms with Gasteiger partial charge in [-0.1, -0.05) is 212 Å². The van der Waals surface area contributed by atoms with Crippen LogP contribution in [0.3, 0.4) is 0 Å². The Morgan fingerprint density at radius 3 is 1.45 bits per heavy atom. The van der Waals surface area contributed by atoms with Crippen molar-refractivity contribution in [2.45, 2.75) is 0 Å². The number of nitrogens with zero attached hydrogens (tertiary/aromatic N) is 1. The van der Waals surface area contributed by atoms with Gasteiger partial charge in [0.25, 0.3) is 0 Å². The summed E-state index contributed by atoms with van der Waals surface area (Å²) in [5.41, 5.74) is 14.7. The van der Waals surface area contributed by atoms with Crippen molar-refractivity contribution in [1.29, 1.82) is 0 Å². The molecule has 11 aromatic carbocycles. The summed E-state index contributed by atoms with van der Waals surface area (Å²) in [7, 11) is 0. The Hall–Kier alpha value is -8.50. The summed E-state index contributed by atoms with van der Waals surface area (Å²) in [5.74, 6) is 0.885.